The smallest absolute Gasteiger partial charge is 0.293 e. The first-order valence-corrected chi connectivity index (χ1v) is 10.5. The molecule has 2 aromatic heterocycles. The summed E-state index contributed by atoms with van der Waals surface area (Å²) in [5.41, 5.74) is 3.34. The number of thiazole rings is 1. The van der Waals surface area contributed by atoms with Crippen LogP contribution < -0.4 is 10.6 Å². The summed E-state index contributed by atoms with van der Waals surface area (Å²) in [5, 5.41) is 8.77. The van der Waals surface area contributed by atoms with Gasteiger partial charge in [-0.25, -0.2) is 4.98 Å². The Morgan fingerprint density at radius 3 is 2.69 bits per heavy atom. The average molecular weight is 470 g/mol. The van der Waals surface area contributed by atoms with Gasteiger partial charge in [-0.2, -0.15) is 0 Å². The third kappa shape index (κ3) is 4.38. The molecule has 2 aromatic carbocycles. The van der Waals surface area contributed by atoms with Crippen LogP contribution in [0.15, 0.2) is 62.8 Å². The van der Waals surface area contributed by atoms with Crippen LogP contribution in [0.25, 0.3) is 22.2 Å². The molecule has 0 fully saturated rings. The number of halogens is 1. The summed E-state index contributed by atoms with van der Waals surface area (Å²) in [6.45, 7) is 1.98. The Labute approximate surface area is 179 Å². The molecule has 0 aliphatic rings. The fourth-order valence-corrected chi connectivity index (χ4v) is 3.96. The summed E-state index contributed by atoms with van der Waals surface area (Å²) >= 11 is 4.77. The second-order valence-corrected chi connectivity index (χ2v) is 8.08. The molecule has 8 heteroatoms. The number of amides is 2. The fourth-order valence-electron chi connectivity index (χ4n) is 2.78. The number of furan rings is 1. The number of carbonyl (C=O) groups excluding carboxylic acids is 2. The number of anilines is 1. The first-order chi connectivity index (χ1) is 14.0. The van der Waals surface area contributed by atoms with E-state index in [4.69, 9.17) is 4.42 Å². The van der Waals surface area contributed by atoms with Crippen LogP contribution in [0.2, 0.25) is 0 Å². The van der Waals surface area contributed by atoms with Crippen LogP contribution in [0.1, 0.15) is 23.0 Å². The Morgan fingerprint density at radius 2 is 1.97 bits per heavy atom. The number of fused-ring (bicyclic) bond motifs is 1. The third-order valence-electron chi connectivity index (χ3n) is 4.24. The highest BCUT2D eigenvalue weighted by Crippen LogP contribution is 2.29. The SMILES string of the molecule is CC(=O)NCc1ccc(-c2csc(NC(=O)c3cc4cccc(Br)c4o3)n2)cc1. The third-order valence-corrected chi connectivity index (χ3v) is 5.62. The second kappa shape index (κ2) is 8.18. The number of para-hydroxylation sites is 1. The zero-order chi connectivity index (χ0) is 20.4. The van der Waals surface area contributed by atoms with E-state index < -0.39 is 0 Å². The first kappa shape index (κ1) is 19.4. The molecule has 2 heterocycles. The lowest BCUT2D eigenvalue weighted by atomic mass is 10.1. The second-order valence-electron chi connectivity index (χ2n) is 6.37. The molecule has 0 unspecified atom stereocenters. The van der Waals surface area contributed by atoms with Crippen molar-refractivity contribution in [3.8, 4) is 11.3 Å². The van der Waals surface area contributed by atoms with Gasteiger partial charge in [0.1, 0.15) is 5.58 Å². The highest BCUT2D eigenvalue weighted by atomic mass is 79.9. The lowest BCUT2D eigenvalue weighted by Crippen LogP contribution is -2.18. The van der Waals surface area contributed by atoms with Gasteiger partial charge in [0.15, 0.2) is 10.9 Å². The zero-order valence-electron chi connectivity index (χ0n) is 15.4. The van der Waals surface area contributed by atoms with E-state index >= 15 is 0 Å². The lowest BCUT2D eigenvalue weighted by Gasteiger charge is -2.03. The maximum atomic E-state index is 12.5. The van der Waals surface area contributed by atoms with Crippen LogP contribution >= 0.6 is 27.3 Å². The van der Waals surface area contributed by atoms with Gasteiger partial charge in [0.25, 0.3) is 5.91 Å². The van der Waals surface area contributed by atoms with Gasteiger partial charge in [-0.3, -0.25) is 14.9 Å². The molecule has 29 heavy (non-hydrogen) atoms. The van der Waals surface area contributed by atoms with Crippen LogP contribution in [0, 0.1) is 0 Å². The molecule has 6 nitrogen and oxygen atoms in total. The summed E-state index contributed by atoms with van der Waals surface area (Å²) < 4.78 is 6.46. The van der Waals surface area contributed by atoms with Gasteiger partial charge in [0.05, 0.1) is 10.2 Å². The van der Waals surface area contributed by atoms with Crippen LogP contribution in [-0.2, 0) is 11.3 Å². The maximum absolute atomic E-state index is 12.5. The highest BCUT2D eigenvalue weighted by Gasteiger charge is 2.15. The molecule has 0 bridgehead atoms. The standard InChI is InChI=1S/C21H16BrN3O3S/c1-12(26)23-10-13-5-7-14(8-6-13)17-11-29-21(24-17)25-20(27)18-9-15-3-2-4-16(22)19(15)28-18/h2-9,11H,10H2,1H3,(H,23,26)(H,24,25,27). The number of hydrogen-bond donors (Lipinski definition) is 2. The van der Waals surface area contributed by atoms with E-state index in [9.17, 15) is 9.59 Å². The van der Waals surface area contributed by atoms with Crippen LogP contribution in [0.5, 0.6) is 0 Å². The van der Waals surface area contributed by atoms with Crippen LogP contribution in [0.3, 0.4) is 0 Å². The molecule has 0 aliphatic heterocycles. The molecule has 0 aliphatic carbocycles. The quantitative estimate of drug-likeness (QED) is 0.420. The van der Waals surface area contributed by atoms with E-state index in [1.54, 1.807) is 6.07 Å². The number of nitrogens with zero attached hydrogens (tertiary/aromatic N) is 1. The molecule has 2 N–H and O–H groups in total. The van der Waals surface area contributed by atoms with Gasteiger partial charge in [-0.15, -0.1) is 11.3 Å². The van der Waals surface area contributed by atoms with E-state index in [0.29, 0.717) is 17.3 Å². The van der Waals surface area contributed by atoms with Gasteiger partial charge in [0, 0.05) is 29.8 Å². The van der Waals surface area contributed by atoms with Gasteiger partial charge < -0.3 is 9.73 Å². The summed E-state index contributed by atoms with van der Waals surface area (Å²) in [4.78, 5) is 28.0. The van der Waals surface area contributed by atoms with Gasteiger partial charge in [-0.1, -0.05) is 36.4 Å². The molecule has 4 aromatic rings. The largest absolute Gasteiger partial charge is 0.450 e. The van der Waals surface area contributed by atoms with E-state index in [1.807, 2.05) is 47.8 Å². The number of aromatic nitrogens is 1. The Morgan fingerprint density at radius 1 is 1.17 bits per heavy atom. The molecule has 0 saturated carbocycles. The van der Waals surface area contributed by atoms with E-state index in [1.165, 1.54) is 18.3 Å². The summed E-state index contributed by atoms with van der Waals surface area (Å²) in [6.07, 6.45) is 0. The molecule has 0 saturated heterocycles. The monoisotopic (exact) mass is 469 g/mol. The number of nitrogens with one attached hydrogen (secondary N) is 2. The van der Waals surface area contributed by atoms with Crippen molar-refractivity contribution in [2.24, 2.45) is 0 Å². The van der Waals surface area contributed by atoms with Crippen molar-refractivity contribution in [2.45, 2.75) is 13.5 Å². The fraction of sp³-hybridized carbons (Fsp3) is 0.0952. The minimum absolute atomic E-state index is 0.0641. The Kier molecular flexibility index (Phi) is 5.46. The summed E-state index contributed by atoms with van der Waals surface area (Å²) in [7, 11) is 0. The molecule has 0 atom stereocenters. The highest BCUT2D eigenvalue weighted by molar-refractivity contribution is 9.10. The minimum Gasteiger partial charge on any atom is -0.450 e. The number of carbonyl (C=O) groups is 2. The predicted octanol–water partition coefficient (Wildman–Crippen LogP) is 5.21. The Balaban J connectivity index is 1.46. The van der Waals surface area contributed by atoms with Crippen molar-refractivity contribution in [3.05, 3.63) is 69.7 Å². The van der Waals surface area contributed by atoms with Crippen LogP contribution in [-0.4, -0.2) is 16.8 Å². The topological polar surface area (TPSA) is 84.2 Å². The first-order valence-electron chi connectivity index (χ1n) is 8.78. The number of hydrogen-bond acceptors (Lipinski definition) is 5. The molecule has 4 rings (SSSR count). The normalized spacial score (nSPS) is 10.8. The molecule has 0 spiro atoms. The van der Waals surface area contributed by atoms with Crippen molar-refractivity contribution >= 4 is 55.2 Å². The molecular weight excluding hydrogens is 454 g/mol. The lowest BCUT2D eigenvalue weighted by molar-refractivity contribution is -0.119. The Bertz CT molecular complexity index is 1200. The van der Waals surface area contributed by atoms with Crippen molar-refractivity contribution in [3.63, 3.8) is 0 Å². The predicted molar refractivity (Wildman–Crippen MR) is 117 cm³/mol. The molecule has 0 radical (unpaired) electrons. The maximum Gasteiger partial charge on any atom is 0.293 e. The van der Waals surface area contributed by atoms with Crippen LogP contribution in [0.4, 0.5) is 5.13 Å². The minimum atomic E-state index is -0.348. The summed E-state index contributed by atoms with van der Waals surface area (Å²) in [5.74, 6) is -0.184. The van der Waals surface area contributed by atoms with Gasteiger partial charge >= 0.3 is 0 Å². The summed E-state index contributed by atoms with van der Waals surface area (Å²) in [6, 6.07) is 15.1. The van der Waals surface area contributed by atoms with Crippen molar-refractivity contribution in [1.82, 2.24) is 10.3 Å². The van der Waals surface area contributed by atoms with Gasteiger partial charge in [0.2, 0.25) is 5.91 Å². The molecule has 2 amide bonds. The van der Waals surface area contributed by atoms with E-state index in [2.05, 4.69) is 31.5 Å². The number of rotatable bonds is 5. The van der Waals surface area contributed by atoms with Gasteiger partial charge in [-0.05, 0) is 33.6 Å². The average Bonchev–Trinajstić information content (AvgIpc) is 3.35. The van der Waals surface area contributed by atoms with Crippen molar-refractivity contribution in [1.29, 1.82) is 0 Å². The molecular formula is C21H16BrN3O3S. The Hall–Kier alpha value is -2.97. The van der Waals surface area contributed by atoms with Crippen molar-refractivity contribution in [2.75, 3.05) is 5.32 Å². The molecule has 146 valence electrons. The van der Waals surface area contributed by atoms with E-state index in [-0.39, 0.29) is 17.6 Å². The zero-order valence-corrected chi connectivity index (χ0v) is 17.8. The van der Waals surface area contributed by atoms with Crippen molar-refractivity contribution < 1.29 is 14.0 Å². The van der Waals surface area contributed by atoms with E-state index in [0.717, 1.165) is 26.7 Å². The number of benzene rings is 2.